The molecule has 8 nitrogen and oxygen atoms in total. The SMILES string of the molecule is COc1ccc(-c2nnc(SCC(=O)N/N=C\c3ccccc3Cl)n2-c2ccccc2)cc1OC. The van der Waals surface area contributed by atoms with Crippen molar-refractivity contribution < 1.29 is 14.3 Å². The first-order valence-electron chi connectivity index (χ1n) is 10.5. The number of rotatable bonds is 9. The van der Waals surface area contributed by atoms with Gasteiger partial charge in [-0.1, -0.05) is 59.8 Å². The van der Waals surface area contributed by atoms with Crippen LogP contribution >= 0.6 is 23.4 Å². The molecule has 0 saturated heterocycles. The number of hydrogen-bond acceptors (Lipinski definition) is 7. The van der Waals surface area contributed by atoms with Gasteiger partial charge in [-0.3, -0.25) is 9.36 Å². The maximum Gasteiger partial charge on any atom is 0.250 e. The van der Waals surface area contributed by atoms with Crippen LogP contribution in [-0.4, -0.2) is 46.9 Å². The second kappa shape index (κ2) is 11.5. The van der Waals surface area contributed by atoms with E-state index in [2.05, 4.69) is 20.7 Å². The van der Waals surface area contributed by atoms with Crippen molar-refractivity contribution in [3.05, 3.63) is 83.4 Å². The van der Waals surface area contributed by atoms with Gasteiger partial charge in [0.25, 0.3) is 5.91 Å². The van der Waals surface area contributed by atoms with Crippen molar-refractivity contribution in [2.45, 2.75) is 5.16 Å². The number of methoxy groups -OCH3 is 2. The van der Waals surface area contributed by atoms with E-state index >= 15 is 0 Å². The van der Waals surface area contributed by atoms with Crippen molar-refractivity contribution in [3.63, 3.8) is 0 Å². The summed E-state index contributed by atoms with van der Waals surface area (Å²) in [5.41, 5.74) is 4.88. The standard InChI is InChI=1S/C25H22ClN5O3S/c1-33-21-13-12-17(14-22(21)34-2)24-29-30-25(31(24)19-9-4-3-5-10-19)35-16-23(32)28-27-15-18-8-6-7-11-20(18)26/h3-15H,16H2,1-2H3,(H,28,32)/b27-15-. The number of carbonyl (C=O) groups is 1. The van der Waals surface area contributed by atoms with Crippen LogP contribution in [0.3, 0.4) is 0 Å². The first-order chi connectivity index (χ1) is 17.1. The molecule has 4 rings (SSSR count). The Morgan fingerprint density at radius 3 is 2.51 bits per heavy atom. The number of benzene rings is 3. The fourth-order valence-electron chi connectivity index (χ4n) is 3.25. The van der Waals surface area contributed by atoms with Gasteiger partial charge in [0.15, 0.2) is 22.5 Å². The van der Waals surface area contributed by atoms with Crippen molar-refractivity contribution >= 4 is 35.5 Å². The predicted molar refractivity (Wildman–Crippen MR) is 138 cm³/mol. The molecule has 0 aliphatic heterocycles. The van der Waals surface area contributed by atoms with E-state index in [1.165, 1.54) is 18.0 Å². The van der Waals surface area contributed by atoms with E-state index in [9.17, 15) is 4.79 Å². The topological polar surface area (TPSA) is 90.6 Å². The van der Waals surface area contributed by atoms with Crippen LogP contribution in [0.2, 0.25) is 5.02 Å². The van der Waals surface area contributed by atoms with E-state index in [4.69, 9.17) is 21.1 Å². The molecular formula is C25H22ClN5O3S. The highest BCUT2D eigenvalue weighted by Gasteiger charge is 2.18. The minimum Gasteiger partial charge on any atom is -0.493 e. The van der Waals surface area contributed by atoms with Crippen LogP contribution < -0.4 is 14.9 Å². The van der Waals surface area contributed by atoms with E-state index < -0.39 is 0 Å². The number of hydrogen-bond donors (Lipinski definition) is 1. The van der Waals surface area contributed by atoms with Gasteiger partial charge in [-0.25, -0.2) is 5.43 Å². The fourth-order valence-corrected chi connectivity index (χ4v) is 4.18. The molecule has 0 aliphatic rings. The number of amides is 1. The summed E-state index contributed by atoms with van der Waals surface area (Å²) in [6, 6.07) is 22.5. The van der Waals surface area contributed by atoms with E-state index in [0.29, 0.717) is 33.1 Å². The number of nitrogens with zero attached hydrogens (tertiary/aromatic N) is 4. The van der Waals surface area contributed by atoms with E-state index in [0.717, 1.165) is 11.3 Å². The molecule has 1 N–H and O–H groups in total. The smallest absolute Gasteiger partial charge is 0.250 e. The molecule has 10 heteroatoms. The molecule has 0 atom stereocenters. The lowest BCUT2D eigenvalue weighted by Crippen LogP contribution is -2.20. The van der Waals surface area contributed by atoms with Gasteiger partial charge in [-0.15, -0.1) is 10.2 Å². The summed E-state index contributed by atoms with van der Waals surface area (Å²) in [5, 5.41) is 13.9. The Hall–Kier alpha value is -3.82. The quantitative estimate of drug-likeness (QED) is 0.198. The molecule has 3 aromatic carbocycles. The summed E-state index contributed by atoms with van der Waals surface area (Å²) < 4.78 is 12.7. The molecule has 35 heavy (non-hydrogen) atoms. The average Bonchev–Trinajstić information content (AvgIpc) is 3.32. The molecular weight excluding hydrogens is 486 g/mol. The Kier molecular flexibility index (Phi) is 8.02. The summed E-state index contributed by atoms with van der Waals surface area (Å²) in [4.78, 5) is 12.4. The second-order valence-corrected chi connectivity index (χ2v) is 8.50. The Balaban J connectivity index is 1.55. The summed E-state index contributed by atoms with van der Waals surface area (Å²) in [6.45, 7) is 0. The molecule has 4 aromatic rings. The number of halogens is 1. The lowest BCUT2D eigenvalue weighted by Gasteiger charge is -2.12. The Morgan fingerprint density at radius 2 is 1.77 bits per heavy atom. The summed E-state index contributed by atoms with van der Waals surface area (Å²) >= 11 is 7.36. The summed E-state index contributed by atoms with van der Waals surface area (Å²) in [6.07, 6.45) is 1.51. The Morgan fingerprint density at radius 1 is 1.03 bits per heavy atom. The highest BCUT2D eigenvalue weighted by atomic mass is 35.5. The molecule has 0 aliphatic carbocycles. The van der Waals surface area contributed by atoms with Crippen LogP contribution in [0.1, 0.15) is 5.56 Å². The van der Waals surface area contributed by atoms with Crippen molar-refractivity contribution in [1.82, 2.24) is 20.2 Å². The molecule has 0 bridgehead atoms. The van der Waals surface area contributed by atoms with E-state index in [-0.39, 0.29) is 11.7 Å². The molecule has 1 aromatic heterocycles. The highest BCUT2D eigenvalue weighted by Crippen LogP contribution is 2.34. The molecule has 0 unspecified atom stereocenters. The normalized spacial score (nSPS) is 10.9. The van der Waals surface area contributed by atoms with E-state index in [1.54, 1.807) is 20.3 Å². The lowest BCUT2D eigenvalue weighted by atomic mass is 10.2. The third-order valence-electron chi connectivity index (χ3n) is 4.92. The van der Waals surface area contributed by atoms with Gasteiger partial charge >= 0.3 is 0 Å². The molecule has 0 spiro atoms. The molecule has 0 saturated carbocycles. The van der Waals surface area contributed by atoms with Crippen LogP contribution in [0.4, 0.5) is 0 Å². The molecule has 0 fully saturated rings. The number of ether oxygens (including phenoxy) is 2. The summed E-state index contributed by atoms with van der Waals surface area (Å²) in [5.74, 6) is 1.62. The molecule has 1 heterocycles. The van der Waals surface area contributed by atoms with Crippen molar-refractivity contribution in [1.29, 1.82) is 0 Å². The fraction of sp³-hybridized carbons (Fsp3) is 0.120. The number of para-hydroxylation sites is 1. The van der Waals surface area contributed by atoms with Crippen LogP contribution in [0.15, 0.2) is 83.1 Å². The van der Waals surface area contributed by atoms with Crippen molar-refractivity contribution in [2.24, 2.45) is 5.10 Å². The van der Waals surface area contributed by atoms with Gasteiger partial charge < -0.3 is 9.47 Å². The zero-order valence-electron chi connectivity index (χ0n) is 19.0. The lowest BCUT2D eigenvalue weighted by molar-refractivity contribution is -0.118. The third-order valence-corrected chi connectivity index (χ3v) is 6.19. The Labute approximate surface area is 211 Å². The average molecular weight is 508 g/mol. The number of aromatic nitrogens is 3. The Bertz CT molecular complexity index is 1340. The maximum absolute atomic E-state index is 12.4. The zero-order valence-corrected chi connectivity index (χ0v) is 20.6. The number of nitrogens with one attached hydrogen (secondary N) is 1. The second-order valence-electron chi connectivity index (χ2n) is 7.15. The van der Waals surface area contributed by atoms with Crippen molar-refractivity contribution in [3.8, 4) is 28.6 Å². The number of hydrazone groups is 1. The largest absolute Gasteiger partial charge is 0.493 e. The predicted octanol–water partition coefficient (Wildman–Crippen LogP) is 4.85. The molecule has 178 valence electrons. The van der Waals surface area contributed by atoms with Crippen molar-refractivity contribution in [2.75, 3.05) is 20.0 Å². The minimum absolute atomic E-state index is 0.0940. The van der Waals surface area contributed by atoms with Gasteiger partial charge in [0.2, 0.25) is 0 Å². The zero-order chi connectivity index (χ0) is 24.6. The monoisotopic (exact) mass is 507 g/mol. The maximum atomic E-state index is 12.4. The molecule has 1 amide bonds. The van der Waals surface area contributed by atoms with Crippen LogP contribution in [0, 0.1) is 0 Å². The number of carbonyl (C=O) groups excluding carboxylic acids is 1. The van der Waals surface area contributed by atoms with Crippen LogP contribution in [0.5, 0.6) is 11.5 Å². The van der Waals surface area contributed by atoms with E-state index in [1.807, 2.05) is 71.3 Å². The first kappa shape index (κ1) is 24.3. The van der Waals surface area contributed by atoms with Gasteiger partial charge in [0, 0.05) is 21.8 Å². The third kappa shape index (κ3) is 5.82. The van der Waals surface area contributed by atoms with Gasteiger partial charge in [-0.05, 0) is 36.4 Å². The highest BCUT2D eigenvalue weighted by molar-refractivity contribution is 7.99. The van der Waals surface area contributed by atoms with Crippen LogP contribution in [0.25, 0.3) is 17.1 Å². The van der Waals surface area contributed by atoms with Crippen LogP contribution in [-0.2, 0) is 4.79 Å². The molecule has 0 radical (unpaired) electrons. The van der Waals surface area contributed by atoms with Gasteiger partial charge in [0.1, 0.15) is 0 Å². The minimum atomic E-state index is -0.284. The number of thioether (sulfide) groups is 1. The van der Waals surface area contributed by atoms with Gasteiger partial charge in [0.05, 0.1) is 26.2 Å². The summed E-state index contributed by atoms with van der Waals surface area (Å²) in [7, 11) is 3.17. The first-order valence-corrected chi connectivity index (χ1v) is 11.9. The van der Waals surface area contributed by atoms with Gasteiger partial charge in [-0.2, -0.15) is 5.10 Å².